The average molecular weight is 221 g/mol. The molecule has 0 atom stereocenters. The molecule has 0 unspecified atom stereocenters. The highest BCUT2D eigenvalue weighted by atomic mass is 15.3. The van der Waals surface area contributed by atoms with E-state index in [2.05, 4.69) is 10.1 Å². The molecule has 2 aromatic heterocycles. The molecule has 0 radical (unpaired) electrons. The van der Waals surface area contributed by atoms with Crippen molar-refractivity contribution >= 4 is 0 Å². The van der Waals surface area contributed by atoms with Gasteiger partial charge in [0.05, 0.1) is 17.6 Å². The smallest absolute Gasteiger partial charge is 0.0756 e. The second kappa shape index (κ2) is 4.22. The van der Waals surface area contributed by atoms with Gasteiger partial charge in [0.25, 0.3) is 0 Å². The fourth-order valence-corrected chi connectivity index (χ4v) is 1.81. The van der Waals surface area contributed by atoms with Crippen molar-refractivity contribution in [2.24, 2.45) is 0 Å². The van der Waals surface area contributed by atoms with Crippen molar-refractivity contribution in [2.45, 2.75) is 0 Å². The van der Waals surface area contributed by atoms with Crippen molar-refractivity contribution in [3.05, 3.63) is 67.1 Å². The Bertz CT molecular complexity index is 546. The first kappa shape index (κ1) is 9.78. The molecule has 0 amide bonds. The molecule has 0 aliphatic rings. The lowest BCUT2D eigenvalue weighted by atomic mass is 10.2. The molecule has 0 bridgehead atoms. The normalized spacial score (nSPS) is 10.4. The Kier molecular flexibility index (Phi) is 2.43. The molecule has 3 aromatic rings. The fourth-order valence-electron chi connectivity index (χ4n) is 1.81. The van der Waals surface area contributed by atoms with Crippen molar-refractivity contribution in [3.63, 3.8) is 0 Å². The van der Waals surface area contributed by atoms with E-state index in [9.17, 15) is 0 Å². The van der Waals surface area contributed by atoms with E-state index in [0.717, 1.165) is 16.9 Å². The molecule has 0 fully saturated rings. The van der Waals surface area contributed by atoms with Crippen LogP contribution in [0.3, 0.4) is 0 Å². The van der Waals surface area contributed by atoms with E-state index in [1.807, 2.05) is 59.4 Å². The molecule has 2 heterocycles. The number of nitrogens with zero attached hydrogens (tertiary/aromatic N) is 3. The van der Waals surface area contributed by atoms with Gasteiger partial charge < -0.3 is 0 Å². The molecule has 0 spiro atoms. The summed E-state index contributed by atoms with van der Waals surface area (Å²) in [5.41, 5.74) is 3.16. The third kappa shape index (κ3) is 1.83. The van der Waals surface area contributed by atoms with Crippen molar-refractivity contribution in [1.82, 2.24) is 14.8 Å². The summed E-state index contributed by atoms with van der Waals surface area (Å²) in [4.78, 5) is 4.13. The zero-order valence-electron chi connectivity index (χ0n) is 9.19. The third-order valence-corrected chi connectivity index (χ3v) is 2.60. The van der Waals surface area contributed by atoms with Gasteiger partial charge in [0.2, 0.25) is 0 Å². The van der Waals surface area contributed by atoms with Gasteiger partial charge in [-0.05, 0) is 30.3 Å². The highest BCUT2D eigenvalue weighted by Gasteiger charge is 2.06. The van der Waals surface area contributed by atoms with E-state index in [1.54, 1.807) is 12.4 Å². The van der Waals surface area contributed by atoms with Gasteiger partial charge >= 0.3 is 0 Å². The standard InChI is InChI=1S/C14H11N3/c1-2-6-13(7-3-1)17-14(8-10-16-17)12-5-4-9-15-11-12/h1-11H. The highest BCUT2D eigenvalue weighted by molar-refractivity contribution is 5.60. The maximum atomic E-state index is 4.35. The predicted octanol–water partition coefficient (Wildman–Crippen LogP) is 2.93. The minimum atomic E-state index is 1.05. The molecule has 0 aliphatic heterocycles. The van der Waals surface area contributed by atoms with Crippen molar-refractivity contribution in [1.29, 1.82) is 0 Å². The van der Waals surface area contributed by atoms with Crippen LogP contribution in [0.15, 0.2) is 67.1 Å². The summed E-state index contributed by atoms with van der Waals surface area (Å²) in [6.45, 7) is 0. The molecule has 0 aliphatic carbocycles. The average Bonchev–Trinajstić information content (AvgIpc) is 2.90. The van der Waals surface area contributed by atoms with Gasteiger partial charge in [-0.25, -0.2) is 4.68 Å². The van der Waals surface area contributed by atoms with Gasteiger partial charge in [-0.2, -0.15) is 5.10 Å². The van der Waals surface area contributed by atoms with Crippen LogP contribution in [0.2, 0.25) is 0 Å². The Morgan fingerprint density at radius 1 is 0.824 bits per heavy atom. The van der Waals surface area contributed by atoms with E-state index >= 15 is 0 Å². The SMILES string of the molecule is c1ccc(-n2nccc2-c2cccnc2)cc1. The number of hydrogen-bond donors (Lipinski definition) is 0. The molecule has 0 saturated heterocycles. The van der Waals surface area contributed by atoms with Crippen LogP contribution in [0.4, 0.5) is 0 Å². The third-order valence-electron chi connectivity index (χ3n) is 2.60. The van der Waals surface area contributed by atoms with Crippen molar-refractivity contribution in [3.8, 4) is 16.9 Å². The molecule has 0 saturated carbocycles. The zero-order chi connectivity index (χ0) is 11.5. The number of aromatic nitrogens is 3. The van der Waals surface area contributed by atoms with Crippen LogP contribution in [-0.4, -0.2) is 14.8 Å². The lowest BCUT2D eigenvalue weighted by Crippen LogP contribution is -1.98. The minimum Gasteiger partial charge on any atom is -0.264 e. The van der Waals surface area contributed by atoms with Crippen LogP contribution >= 0.6 is 0 Å². The predicted molar refractivity (Wildman–Crippen MR) is 66.8 cm³/mol. The molecule has 3 nitrogen and oxygen atoms in total. The molecule has 1 aromatic carbocycles. The molecule has 17 heavy (non-hydrogen) atoms. The van der Waals surface area contributed by atoms with Gasteiger partial charge in [-0.3, -0.25) is 4.98 Å². The van der Waals surface area contributed by atoms with E-state index in [-0.39, 0.29) is 0 Å². The maximum Gasteiger partial charge on any atom is 0.0756 e. The molecular formula is C14H11N3. The fraction of sp³-hybridized carbons (Fsp3) is 0. The largest absolute Gasteiger partial charge is 0.264 e. The van der Waals surface area contributed by atoms with Crippen LogP contribution < -0.4 is 0 Å². The summed E-state index contributed by atoms with van der Waals surface area (Å²) in [7, 11) is 0. The van der Waals surface area contributed by atoms with Crippen LogP contribution in [0.5, 0.6) is 0 Å². The Morgan fingerprint density at radius 2 is 1.71 bits per heavy atom. The molecular weight excluding hydrogens is 210 g/mol. The lowest BCUT2D eigenvalue weighted by molar-refractivity contribution is 0.887. The van der Waals surface area contributed by atoms with E-state index in [4.69, 9.17) is 0 Å². The van der Waals surface area contributed by atoms with E-state index in [1.165, 1.54) is 0 Å². The molecule has 3 rings (SSSR count). The Labute approximate surface area is 99.4 Å². The van der Waals surface area contributed by atoms with Gasteiger partial charge in [0.1, 0.15) is 0 Å². The molecule has 3 heteroatoms. The quantitative estimate of drug-likeness (QED) is 0.666. The molecule has 0 N–H and O–H groups in total. The van der Waals surface area contributed by atoms with Crippen LogP contribution in [0, 0.1) is 0 Å². The number of benzene rings is 1. The van der Waals surface area contributed by atoms with Crippen LogP contribution in [0.1, 0.15) is 0 Å². The topological polar surface area (TPSA) is 30.7 Å². The minimum absolute atomic E-state index is 1.05. The molecule has 82 valence electrons. The number of pyridine rings is 1. The van der Waals surface area contributed by atoms with Gasteiger partial charge in [-0.1, -0.05) is 18.2 Å². The van der Waals surface area contributed by atoms with Gasteiger partial charge in [0, 0.05) is 18.0 Å². The van der Waals surface area contributed by atoms with Gasteiger partial charge in [0.15, 0.2) is 0 Å². The summed E-state index contributed by atoms with van der Waals surface area (Å²) in [6.07, 6.45) is 5.42. The summed E-state index contributed by atoms with van der Waals surface area (Å²) >= 11 is 0. The Balaban J connectivity index is 2.13. The summed E-state index contributed by atoms with van der Waals surface area (Å²) in [5, 5.41) is 4.35. The monoisotopic (exact) mass is 221 g/mol. The van der Waals surface area contributed by atoms with Crippen molar-refractivity contribution < 1.29 is 0 Å². The first-order valence-electron chi connectivity index (χ1n) is 5.45. The van der Waals surface area contributed by atoms with E-state index in [0.29, 0.717) is 0 Å². The Morgan fingerprint density at radius 3 is 2.47 bits per heavy atom. The Hall–Kier alpha value is -2.42. The van der Waals surface area contributed by atoms with E-state index < -0.39 is 0 Å². The highest BCUT2D eigenvalue weighted by Crippen LogP contribution is 2.20. The first-order chi connectivity index (χ1) is 8.45. The van der Waals surface area contributed by atoms with Crippen LogP contribution in [0.25, 0.3) is 16.9 Å². The van der Waals surface area contributed by atoms with Crippen LogP contribution in [-0.2, 0) is 0 Å². The zero-order valence-corrected chi connectivity index (χ0v) is 9.19. The van der Waals surface area contributed by atoms with Gasteiger partial charge in [-0.15, -0.1) is 0 Å². The van der Waals surface area contributed by atoms with Crippen molar-refractivity contribution in [2.75, 3.05) is 0 Å². The summed E-state index contributed by atoms with van der Waals surface area (Å²) in [5.74, 6) is 0. The summed E-state index contributed by atoms with van der Waals surface area (Å²) in [6, 6.07) is 16.0. The number of para-hydroxylation sites is 1. The second-order valence-electron chi connectivity index (χ2n) is 3.71. The second-order valence-corrected chi connectivity index (χ2v) is 3.71. The lowest BCUT2D eigenvalue weighted by Gasteiger charge is -2.06. The summed E-state index contributed by atoms with van der Waals surface area (Å²) < 4.78 is 1.91. The number of hydrogen-bond acceptors (Lipinski definition) is 2. The maximum absolute atomic E-state index is 4.35. The first-order valence-corrected chi connectivity index (χ1v) is 5.45. The number of rotatable bonds is 2.